The third-order valence-corrected chi connectivity index (χ3v) is 3.70. The Hall–Kier alpha value is -2.08. The van der Waals surface area contributed by atoms with Crippen LogP contribution in [0.4, 0.5) is 0 Å². The largest absolute Gasteiger partial charge is 0.511 e. The van der Waals surface area contributed by atoms with Crippen LogP contribution in [-0.4, -0.2) is 30.8 Å². The molecule has 7 nitrogen and oxygen atoms in total. The molecule has 5 N–H and O–H groups in total. The molecule has 1 atom stereocenters. The highest BCUT2D eigenvalue weighted by atomic mass is 31.2. The number of nitrogens with zero attached hydrogens (tertiary/aromatic N) is 1. The molecule has 0 fully saturated rings. The zero-order valence-corrected chi connectivity index (χ0v) is 12.4. The van der Waals surface area contributed by atoms with Gasteiger partial charge in [0.1, 0.15) is 17.3 Å². The minimum atomic E-state index is -4.67. The Bertz CT molecular complexity index is 686. The lowest BCUT2D eigenvalue weighted by Crippen LogP contribution is -2.20. The number of aliphatic hydroxyl groups excluding tert-OH is 2. The summed E-state index contributed by atoms with van der Waals surface area (Å²) in [5.74, 6) is -1.09. The molecule has 0 amide bonds. The van der Waals surface area contributed by atoms with E-state index in [0.717, 1.165) is 17.7 Å². The summed E-state index contributed by atoms with van der Waals surface area (Å²) in [6.07, 6.45) is 3.09. The van der Waals surface area contributed by atoms with Crippen LogP contribution >= 0.6 is 7.75 Å². The third kappa shape index (κ3) is 4.46. The van der Waals surface area contributed by atoms with Gasteiger partial charge in [0.2, 0.25) is 0 Å². The average Bonchev–Trinajstić information content (AvgIpc) is 2.37. The summed E-state index contributed by atoms with van der Waals surface area (Å²) < 4.78 is 14.3. The summed E-state index contributed by atoms with van der Waals surface area (Å²) in [5.41, 5.74) is 0.824. The zero-order chi connectivity index (χ0) is 16.3. The van der Waals surface area contributed by atoms with Gasteiger partial charge in [-0.3, -0.25) is 0 Å². The summed E-state index contributed by atoms with van der Waals surface area (Å²) in [4.78, 5) is 17.9. The number of aromatic hydroxyl groups is 1. The first kappa shape index (κ1) is 16.3. The number of hydrogen-bond acceptors (Lipinski definition) is 4. The highest BCUT2D eigenvalue weighted by Crippen LogP contribution is 2.39. The van der Waals surface area contributed by atoms with Crippen LogP contribution in [-0.2, 0) is 11.0 Å². The van der Waals surface area contributed by atoms with Gasteiger partial charge in [-0.05, 0) is 30.5 Å². The standard InChI is InChI=1S/C14H16NO6P/c16-10-4-1-9(2-5-10)3-6-12-13(15-22(19,20)21)7-11(17)8-14(12)18/h1-2,4-5,7-8,12,16-18H,3,6H2,(H2,19,20,21). The van der Waals surface area contributed by atoms with Crippen LogP contribution in [0.1, 0.15) is 12.0 Å². The van der Waals surface area contributed by atoms with Crippen LogP contribution in [0.15, 0.2) is 52.7 Å². The van der Waals surface area contributed by atoms with Crippen molar-refractivity contribution >= 4 is 13.5 Å². The molecule has 1 aromatic carbocycles. The smallest absolute Gasteiger partial charge is 0.448 e. The maximum Gasteiger partial charge on any atom is 0.448 e. The van der Waals surface area contributed by atoms with Crippen molar-refractivity contribution in [2.24, 2.45) is 10.7 Å². The molecule has 0 heterocycles. The van der Waals surface area contributed by atoms with Crippen LogP contribution in [0, 0.1) is 5.92 Å². The fraction of sp³-hybridized carbons (Fsp3) is 0.214. The Kier molecular flexibility index (Phi) is 4.71. The molecule has 118 valence electrons. The minimum Gasteiger partial charge on any atom is -0.511 e. The van der Waals surface area contributed by atoms with Crippen molar-refractivity contribution in [1.29, 1.82) is 0 Å². The molecular formula is C14H16NO6P. The second-order valence-corrected chi connectivity index (χ2v) is 6.16. The number of benzene rings is 1. The molecule has 0 aliphatic heterocycles. The topological polar surface area (TPSA) is 131 Å². The Morgan fingerprint density at radius 1 is 1.05 bits per heavy atom. The van der Waals surface area contributed by atoms with E-state index in [2.05, 4.69) is 4.76 Å². The molecule has 0 bridgehead atoms. The molecule has 1 aliphatic rings. The summed E-state index contributed by atoms with van der Waals surface area (Å²) in [7, 11) is -4.67. The lowest BCUT2D eigenvalue weighted by atomic mass is 9.89. The van der Waals surface area contributed by atoms with Crippen molar-refractivity contribution in [2.45, 2.75) is 12.8 Å². The Morgan fingerprint density at radius 2 is 1.68 bits per heavy atom. The predicted octanol–water partition coefficient (Wildman–Crippen LogP) is 2.37. The number of rotatable bonds is 4. The molecule has 1 aromatic rings. The van der Waals surface area contributed by atoms with Gasteiger partial charge in [-0.2, -0.15) is 4.76 Å². The van der Waals surface area contributed by atoms with E-state index < -0.39 is 13.7 Å². The number of aliphatic hydroxyl groups is 2. The Balaban J connectivity index is 2.19. The molecule has 0 radical (unpaired) electrons. The molecule has 0 aromatic heterocycles. The number of hydrogen-bond donors (Lipinski definition) is 5. The van der Waals surface area contributed by atoms with Gasteiger partial charge >= 0.3 is 7.75 Å². The first-order valence-corrected chi connectivity index (χ1v) is 8.06. The molecular weight excluding hydrogens is 309 g/mol. The van der Waals surface area contributed by atoms with Crippen molar-refractivity contribution in [3.63, 3.8) is 0 Å². The minimum absolute atomic E-state index is 0.0652. The Morgan fingerprint density at radius 3 is 2.27 bits per heavy atom. The van der Waals surface area contributed by atoms with Gasteiger partial charge in [-0.15, -0.1) is 0 Å². The average molecular weight is 325 g/mol. The zero-order valence-electron chi connectivity index (χ0n) is 11.5. The van der Waals surface area contributed by atoms with Crippen LogP contribution in [0.2, 0.25) is 0 Å². The molecule has 0 saturated carbocycles. The monoisotopic (exact) mass is 325 g/mol. The number of aryl methyl sites for hydroxylation is 1. The molecule has 1 unspecified atom stereocenters. The SMILES string of the molecule is O=P(O)(O)N=C1C=C(O)C=C(O)C1CCc1ccc(O)cc1. The van der Waals surface area contributed by atoms with Gasteiger partial charge in [0.05, 0.1) is 11.6 Å². The quantitative estimate of drug-likeness (QED) is 0.540. The van der Waals surface area contributed by atoms with E-state index in [-0.39, 0.29) is 23.0 Å². The molecule has 22 heavy (non-hydrogen) atoms. The fourth-order valence-corrected chi connectivity index (χ4v) is 2.71. The van der Waals surface area contributed by atoms with Gasteiger partial charge in [0, 0.05) is 12.2 Å². The molecule has 0 spiro atoms. The lowest BCUT2D eigenvalue weighted by Gasteiger charge is -2.20. The van der Waals surface area contributed by atoms with E-state index in [0.29, 0.717) is 12.8 Å². The van der Waals surface area contributed by atoms with Gasteiger partial charge in [0.15, 0.2) is 0 Å². The van der Waals surface area contributed by atoms with Crippen LogP contribution in [0.3, 0.4) is 0 Å². The molecule has 0 saturated heterocycles. The van der Waals surface area contributed by atoms with Crippen molar-refractivity contribution in [1.82, 2.24) is 0 Å². The van der Waals surface area contributed by atoms with E-state index in [1.165, 1.54) is 12.1 Å². The van der Waals surface area contributed by atoms with E-state index in [1.54, 1.807) is 12.1 Å². The second-order valence-electron chi connectivity index (χ2n) is 4.93. The fourth-order valence-electron chi connectivity index (χ4n) is 2.22. The van der Waals surface area contributed by atoms with Crippen molar-refractivity contribution in [2.75, 3.05) is 0 Å². The van der Waals surface area contributed by atoms with E-state index in [4.69, 9.17) is 9.79 Å². The first-order chi connectivity index (χ1) is 10.2. The van der Waals surface area contributed by atoms with Crippen molar-refractivity contribution in [3.8, 4) is 5.75 Å². The van der Waals surface area contributed by atoms with Gasteiger partial charge in [-0.1, -0.05) is 12.1 Å². The summed E-state index contributed by atoms with van der Waals surface area (Å²) >= 11 is 0. The second kappa shape index (κ2) is 6.36. The van der Waals surface area contributed by atoms with Gasteiger partial charge < -0.3 is 25.1 Å². The highest BCUT2D eigenvalue weighted by molar-refractivity contribution is 7.50. The lowest BCUT2D eigenvalue weighted by molar-refractivity contribution is 0.342. The van der Waals surface area contributed by atoms with E-state index in [1.807, 2.05) is 0 Å². The maximum atomic E-state index is 11.0. The van der Waals surface area contributed by atoms with E-state index in [9.17, 15) is 19.9 Å². The van der Waals surface area contributed by atoms with Crippen LogP contribution in [0.5, 0.6) is 5.75 Å². The number of allylic oxidation sites excluding steroid dienone is 3. The van der Waals surface area contributed by atoms with Crippen molar-refractivity contribution in [3.05, 3.63) is 53.5 Å². The first-order valence-electron chi connectivity index (χ1n) is 6.49. The number of phenols is 1. The van der Waals surface area contributed by atoms with Crippen LogP contribution < -0.4 is 0 Å². The van der Waals surface area contributed by atoms with E-state index >= 15 is 0 Å². The molecule has 1 aliphatic carbocycles. The van der Waals surface area contributed by atoms with Crippen molar-refractivity contribution < 1.29 is 29.7 Å². The summed E-state index contributed by atoms with van der Waals surface area (Å²) in [6, 6.07) is 6.49. The predicted molar refractivity (Wildman–Crippen MR) is 80.8 cm³/mol. The van der Waals surface area contributed by atoms with Crippen LogP contribution in [0.25, 0.3) is 0 Å². The summed E-state index contributed by atoms with van der Waals surface area (Å²) in [5, 5.41) is 28.6. The highest BCUT2D eigenvalue weighted by Gasteiger charge is 2.26. The molecule has 2 rings (SSSR count). The molecule has 8 heteroatoms. The summed E-state index contributed by atoms with van der Waals surface area (Å²) in [6.45, 7) is 0. The normalized spacial score (nSPS) is 20.6. The third-order valence-electron chi connectivity index (χ3n) is 3.21. The number of phenolic OH excluding ortho intramolecular Hbond substituents is 1. The Labute approximate surface area is 126 Å². The van der Waals surface area contributed by atoms with Gasteiger partial charge in [-0.25, -0.2) is 4.57 Å². The van der Waals surface area contributed by atoms with Gasteiger partial charge in [0.25, 0.3) is 0 Å². The maximum absolute atomic E-state index is 11.0.